The molecule has 2 atom stereocenters. The Morgan fingerprint density at radius 3 is 2.74 bits per heavy atom. The zero-order chi connectivity index (χ0) is 13.7. The first-order chi connectivity index (χ1) is 9.24. The largest absolute Gasteiger partial charge is 0.364 e. The molecule has 1 amide bonds. The number of hydrogen-bond acceptors (Lipinski definition) is 3. The van der Waals surface area contributed by atoms with Crippen LogP contribution in [0.3, 0.4) is 0 Å². The van der Waals surface area contributed by atoms with Gasteiger partial charge in [-0.3, -0.25) is 4.79 Å². The number of amides is 1. The van der Waals surface area contributed by atoms with Crippen LogP contribution >= 0.6 is 0 Å². The minimum atomic E-state index is -0.331. The third-order valence-electron chi connectivity index (χ3n) is 3.62. The van der Waals surface area contributed by atoms with Gasteiger partial charge in [0.25, 0.3) is 0 Å². The monoisotopic (exact) mass is 262 g/mol. The van der Waals surface area contributed by atoms with E-state index in [2.05, 4.69) is 24.4 Å². The number of nitrogens with one attached hydrogen (secondary N) is 1. The van der Waals surface area contributed by atoms with Gasteiger partial charge in [0.15, 0.2) is 0 Å². The Morgan fingerprint density at radius 1 is 1.37 bits per heavy atom. The second kappa shape index (κ2) is 6.68. The molecule has 0 aliphatic carbocycles. The Morgan fingerprint density at radius 2 is 2.11 bits per heavy atom. The zero-order valence-corrected chi connectivity index (χ0v) is 11.4. The second-order valence-electron chi connectivity index (χ2n) is 4.90. The third-order valence-corrected chi connectivity index (χ3v) is 3.62. The summed E-state index contributed by atoms with van der Waals surface area (Å²) >= 11 is 0. The molecule has 1 aliphatic rings. The molecule has 1 aliphatic heterocycles. The number of hydrogen-bond donors (Lipinski definition) is 2. The van der Waals surface area contributed by atoms with Crippen LogP contribution in [-0.2, 0) is 22.5 Å². The van der Waals surface area contributed by atoms with E-state index in [0.717, 1.165) is 19.3 Å². The first kappa shape index (κ1) is 14.0. The molecule has 1 heterocycles. The van der Waals surface area contributed by atoms with Gasteiger partial charge < -0.3 is 15.8 Å². The first-order valence-electron chi connectivity index (χ1n) is 6.94. The molecule has 4 heteroatoms. The molecule has 0 saturated carbocycles. The molecule has 0 aromatic heterocycles. The molecule has 2 unspecified atom stereocenters. The van der Waals surface area contributed by atoms with Gasteiger partial charge in [-0.2, -0.15) is 0 Å². The molecule has 4 nitrogen and oxygen atoms in total. The van der Waals surface area contributed by atoms with Crippen LogP contribution in [0.5, 0.6) is 0 Å². The van der Waals surface area contributed by atoms with Crippen molar-refractivity contribution in [1.82, 2.24) is 5.32 Å². The van der Waals surface area contributed by atoms with Crippen LogP contribution in [0.25, 0.3) is 0 Å². The molecule has 1 fully saturated rings. The Balaban J connectivity index is 1.87. The van der Waals surface area contributed by atoms with E-state index in [-0.39, 0.29) is 18.1 Å². The predicted octanol–water partition coefficient (Wildman–Crippen LogP) is 1.37. The maximum atomic E-state index is 12.0. The summed E-state index contributed by atoms with van der Waals surface area (Å²) in [5, 5.41) is 2.96. The lowest BCUT2D eigenvalue weighted by Crippen LogP contribution is -2.35. The summed E-state index contributed by atoms with van der Waals surface area (Å²) < 4.78 is 5.58. The van der Waals surface area contributed by atoms with Crippen LogP contribution < -0.4 is 11.1 Å². The number of carbonyl (C=O) groups excluding carboxylic acids is 1. The van der Waals surface area contributed by atoms with Crippen LogP contribution in [0.15, 0.2) is 24.3 Å². The van der Waals surface area contributed by atoms with Crippen LogP contribution in [-0.4, -0.2) is 24.7 Å². The molecular formula is C15H22N2O2. The summed E-state index contributed by atoms with van der Waals surface area (Å²) in [7, 11) is 0. The number of rotatable bonds is 5. The van der Waals surface area contributed by atoms with E-state index in [1.54, 1.807) is 0 Å². The van der Waals surface area contributed by atoms with Gasteiger partial charge in [0.2, 0.25) is 5.91 Å². The summed E-state index contributed by atoms with van der Waals surface area (Å²) in [6, 6.07) is 8.17. The third kappa shape index (κ3) is 3.55. The number of carbonyl (C=O) groups is 1. The highest BCUT2D eigenvalue weighted by atomic mass is 16.5. The highest BCUT2D eigenvalue weighted by Crippen LogP contribution is 2.19. The first-order valence-corrected chi connectivity index (χ1v) is 6.94. The van der Waals surface area contributed by atoms with Crippen molar-refractivity contribution in [3.63, 3.8) is 0 Å². The molecule has 19 heavy (non-hydrogen) atoms. The fourth-order valence-corrected chi connectivity index (χ4v) is 2.44. The molecule has 104 valence electrons. The minimum Gasteiger partial charge on any atom is -0.364 e. The molecule has 0 bridgehead atoms. The van der Waals surface area contributed by atoms with Crippen LogP contribution in [0, 0.1) is 0 Å². The second-order valence-corrected chi connectivity index (χ2v) is 4.90. The van der Waals surface area contributed by atoms with E-state index >= 15 is 0 Å². The van der Waals surface area contributed by atoms with Gasteiger partial charge in [0.05, 0.1) is 6.10 Å². The SMILES string of the molecule is CCc1ccccc1CNC(=O)C1CCC(CN)O1. The van der Waals surface area contributed by atoms with E-state index in [9.17, 15) is 4.79 Å². The van der Waals surface area contributed by atoms with Gasteiger partial charge in [-0.15, -0.1) is 0 Å². The Hall–Kier alpha value is -1.39. The lowest BCUT2D eigenvalue weighted by atomic mass is 10.1. The van der Waals surface area contributed by atoms with Gasteiger partial charge in [0.1, 0.15) is 6.10 Å². The van der Waals surface area contributed by atoms with E-state index < -0.39 is 0 Å². The molecule has 3 N–H and O–H groups in total. The van der Waals surface area contributed by atoms with Gasteiger partial charge >= 0.3 is 0 Å². The quantitative estimate of drug-likeness (QED) is 0.842. The summed E-state index contributed by atoms with van der Waals surface area (Å²) in [5.41, 5.74) is 7.99. The standard InChI is InChI=1S/C15H22N2O2/c1-2-11-5-3-4-6-12(11)10-17-15(18)14-8-7-13(9-16)19-14/h3-6,13-14H,2,7-10,16H2,1H3,(H,17,18). The summed E-state index contributed by atoms with van der Waals surface area (Å²) in [6.07, 6.45) is 2.32. The van der Waals surface area contributed by atoms with E-state index in [1.165, 1.54) is 11.1 Å². The van der Waals surface area contributed by atoms with Gasteiger partial charge in [-0.05, 0) is 30.4 Å². The number of nitrogens with two attached hydrogens (primary N) is 1. The number of benzene rings is 1. The lowest BCUT2D eigenvalue weighted by molar-refractivity contribution is -0.132. The van der Waals surface area contributed by atoms with Crippen molar-refractivity contribution < 1.29 is 9.53 Å². The van der Waals surface area contributed by atoms with Gasteiger partial charge in [-0.25, -0.2) is 0 Å². The Labute approximate surface area is 114 Å². The van der Waals surface area contributed by atoms with E-state index in [1.807, 2.05) is 12.1 Å². The van der Waals surface area contributed by atoms with Crippen molar-refractivity contribution in [2.75, 3.05) is 6.54 Å². The topological polar surface area (TPSA) is 64.4 Å². The molecular weight excluding hydrogens is 240 g/mol. The smallest absolute Gasteiger partial charge is 0.249 e. The van der Waals surface area contributed by atoms with Crippen LogP contribution in [0.1, 0.15) is 30.9 Å². The maximum Gasteiger partial charge on any atom is 0.249 e. The Kier molecular flexibility index (Phi) is 4.93. The maximum absolute atomic E-state index is 12.0. The molecule has 1 aromatic carbocycles. The van der Waals surface area contributed by atoms with Crippen LogP contribution in [0.4, 0.5) is 0 Å². The average molecular weight is 262 g/mol. The normalized spacial score (nSPS) is 22.4. The molecule has 1 saturated heterocycles. The number of aryl methyl sites for hydroxylation is 1. The molecule has 1 aromatic rings. The van der Waals surface area contributed by atoms with Crippen molar-refractivity contribution in [3.8, 4) is 0 Å². The average Bonchev–Trinajstić information content (AvgIpc) is 2.94. The highest BCUT2D eigenvalue weighted by molar-refractivity contribution is 5.81. The minimum absolute atomic E-state index is 0.0261. The van der Waals surface area contributed by atoms with E-state index in [0.29, 0.717) is 13.1 Å². The van der Waals surface area contributed by atoms with Crippen molar-refractivity contribution >= 4 is 5.91 Å². The van der Waals surface area contributed by atoms with Crippen molar-refractivity contribution in [1.29, 1.82) is 0 Å². The predicted molar refractivity (Wildman–Crippen MR) is 74.6 cm³/mol. The van der Waals surface area contributed by atoms with Gasteiger partial charge in [0, 0.05) is 13.1 Å². The van der Waals surface area contributed by atoms with Gasteiger partial charge in [-0.1, -0.05) is 31.2 Å². The van der Waals surface area contributed by atoms with Crippen molar-refractivity contribution in [2.24, 2.45) is 5.73 Å². The van der Waals surface area contributed by atoms with Crippen LogP contribution in [0.2, 0.25) is 0 Å². The van der Waals surface area contributed by atoms with Crippen molar-refractivity contribution in [3.05, 3.63) is 35.4 Å². The highest BCUT2D eigenvalue weighted by Gasteiger charge is 2.29. The fourth-order valence-electron chi connectivity index (χ4n) is 2.44. The summed E-state index contributed by atoms with van der Waals surface area (Å²) in [6.45, 7) is 3.17. The number of ether oxygens (including phenoxy) is 1. The summed E-state index contributed by atoms with van der Waals surface area (Å²) in [5.74, 6) is -0.0261. The fraction of sp³-hybridized carbons (Fsp3) is 0.533. The molecule has 0 spiro atoms. The molecule has 2 rings (SSSR count). The Bertz CT molecular complexity index is 434. The zero-order valence-electron chi connectivity index (χ0n) is 11.4. The lowest BCUT2D eigenvalue weighted by Gasteiger charge is -2.14. The summed E-state index contributed by atoms with van der Waals surface area (Å²) in [4.78, 5) is 12.0. The van der Waals surface area contributed by atoms with E-state index in [4.69, 9.17) is 10.5 Å². The van der Waals surface area contributed by atoms with Crippen molar-refractivity contribution in [2.45, 2.75) is 44.9 Å². The molecule has 0 radical (unpaired) electrons.